The van der Waals surface area contributed by atoms with Crippen molar-refractivity contribution < 1.29 is 14.3 Å². The lowest BCUT2D eigenvalue weighted by Crippen LogP contribution is -2.40. The predicted molar refractivity (Wildman–Crippen MR) is 117 cm³/mol. The van der Waals surface area contributed by atoms with Crippen LogP contribution in [0.1, 0.15) is 78.1 Å². The maximum atomic E-state index is 13.5. The van der Waals surface area contributed by atoms with Gasteiger partial charge in [0.1, 0.15) is 11.8 Å². The van der Waals surface area contributed by atoms with Gasteiger partial charge in [0.15, 0.2) is 0 Å². The summed E-state index contributed by atoms with van der Waals surface area (Å²) in [5, 5.41) is 9.15. The van der Waals surface area contributed by atoms with E-state index >= 15 is 0 Å². The number of amides is 1. The number of pyridine rings is 1. The number of ether oxygens (including phenoxy) is 1. The van der Waals surface area contributed by atoms with Gasteiger partial charge >= 0.3 is 5.97 Å². The van der Waals surface area contributed by atoms with E-state index in [0.29, 0.717) is 22.5 Å². The number of nitriles is 1. The van der Waals surface area contributed by atoms with Gasteiger partial charge in [-0.15, -0.1) is 0 Å². The number of benzene rings is 1. The van der Waals surface area contributed by atoms with Crippen LogP contribution in [0.3, 0.4) is 0 Å². The molecule has 0 bridgehead atoms. The number of carbonyl (C=O) groups is 2. The third-order valence-corrected chi connectivity index (χ3v) is 5.13. The van der Waals surface area contributed by atoms with Crippen molar-refractivity contribution in [1.29, 1.82) is 5.26 Å². The van der Waals surface area contributed by atoms with E-state index in [4.69, 9.17) is 10.00 Å². The fourth-order valence-electron chi connectivity index (χ4n) is 3.43. The molecule has 30 heavy (non-hydrogen) atoms. The van der Waals surface area contributed by atoms with Gasteiger partial charge in [0.05, 0.1) is 29.6 Å². The Hall–Kier alpha value is -3.20. The number of hydrogen-bond donors (Lipinski definition) is 0. The molecule has 1 heterocycles. The van der Waals surface area contributed by atoms with Gasteiger partial charge in [0.25, 0.3) is 5.91 Å². The third-order valence-electron chi connectivity index (χ3n) is 5.13. The van der Waals surface area contributed by atoms with Gasteiger partial charge < -0.3 is 9.64 Å². The normalized spacial score (nSPS) is 11.4. The Balaban J connectivity index is 2.47. The van der Waals surface area contributed by atoms with Crippen LogP contribution < -0.4 is 4.90 Å². The molecule has 0 aliphatic heterocycles. The fourth-order valence-corrected chi connectivity index (χ4v) is 3.43. The number of unbranched alkanes of at least 4 members (excludes halogenated alkanes) is 3. The average molecular weight is 408 g/mol. The first-order chi connectivity index (χ1) is 14.4. The highest BCUT2D eigenvalue weighted by molar-refractivity contribution is 6.09. The minimum absolute atomic E-state index is 0.141. The Morgan fingerprint density at radius 1 is 1.17 bits per heavy atom. The van der Waals surface area contributed by atoms with E-state index in [1.165, 1.54) is 7.11 Å². The molecule has 1 amide bonds. The first kappa shape index (κ1) is 23.1. The molecule has 0 saturated carbocycles. The van der Waals surface area contributed by atoms with Gasteiger partial charge in [0.2, 0.25) is 0 Å². The van der Waals surface area contributed by atoms with Crippen LogP contribution in [-0.2, 0) is 4.74 Å². The Morgan fingerprint density at radius 2 is 1.90 bits per heavy atom. The summed E-state index contributed by atoms with van der Waals surface area (Å²) in [5.41, 5.74) is 2.01. The molecule has 6 heteroatoms. The molecule has 0 N–H and O–H groups in total. The van der Waals surface area contributed by atoms with E-state index in [1.807, 2.05) is 6.92 Å². The summed E-state index contributed by atoms with van der Waals surface area (Å²) in [5.74, 6) is -0.799. The van der Waals surface area contributed by atoms with E-state index in [-0.39, 0.29) is 17.6 Å². The maximum Gasteiger partial charge on any atom is 0.339 e. The molecule has 0 aliphatic carbocycles. The zero-order valence-corrected chi connectivity index (χ0v) is 18.1. The molecule has 2 rings (SSSR count). The van der Waals surface area contributed by atoms with Crippen molar-refractivity contribution in [2.24, 2.45) is 0 Å². The van der Waals surface area contributed by atoms with Gasteiger partial charge in [-0.05, 0) is 44.5 Å². The minimum Gasteiger partial charge on any atom is -0.465 e. The Bertz CT molecular complexity index is 934. The Kier molecular flexibility index (Phi) is 8.54. The number of para-hydroxylation sites is 1. The van der Waals surface area contributed by atoms with Crippen LogP contribution in [0.2, 0.25) is 0 Å². The Labute approximate surface area is 178 Å². The summed E-state index contributed by atoms with van der Waals surface area (Å²) in [6.45, 7) is 5.84. The van der Waals surface area contributed by atoms with Crippen molar-refractivity contribution in [3.63, 3.8) is 0 Å². The molecule has 1 unspecified atom stereocenters. The number of aryl methyl sites for hydroxylation is 1. The van der Waals surface area contributed by atoms with E-state index in [9.17, 15) is 9.59 Å². The van der Waals surface area contributed by atoms with Crippen molar-refractivity contribution >= 4 is 17.6 Å². The number of rotatable bonds is 9. The van der Waals surface area contributed by atoms with Crippen LogP contribution in [0.25, 0.3) is 0 Å². The summed E-state index contributed by atoms with van der Waals surface area (Å²) >= 11 is 0. The highest BCUT2D eigenvalue weighted by atomic mass is 16.5. The van der Waals surface area contributed by atoms with E-state index in [0.717, 1.165) is 32.1 Å². The Morgan fingerprint density at radius 3 is 2.53 bits per heavy atom. The quantitative estimate of drug-likeness (QED) is 0.429. The monoisotopic (exact) mass is 407 g/mol. The van der Waals surface area contributed by atoms with Crippen LogP contribution >= 0.6 is 0 Å². The smallest absolute Gasteiger partial charge is 0.339 e. The van der Waals surface area contributed by atoms with Gasteiger partial charge in [-0.1, -0.05) is 44.7 Å². The number of esters is 1. The molecule has 158 valence electrons. The zero-order valence-electron chi connectivity index (χ0n) is 18.1. The van der Waals surface area contributed by atoms with Crippen LogP contribution in [0.5, 0.6) is 0 Å². The fraction of sp³-hybridized carbons (Fsp3) is 0.417. The summed E-state index contributed by atoms with van der Waals surface area (Å²) in [7, 11) is 1.32. The molecule has 6 nitrogen and oxygen atoms in total. The summed E-state index contributed by atoms with van der Waals surface area (Å²) in [6, 6.07) is 12.0. The van der Waals surface area contributed by atoms with Gasteiger partial charge in [-0.25, -0.2) is 9.78 Å². The van der Waals surface area contributed by atoms with E-state index < -0.39 is 5.97 Å². The largest absolute Gasteiger partial charge is 0.465 e. The second-order valence-electron chi connectivity index (χ2n) is 7.32. The number of hydrogen-bond acceptors (Lipinski definition) is 5. The molecule has 1 atom stereocenters. The highest BCUT2D eigenvalue weighted by Gasteiger charge is 2.28. The van der Waals surface area contributed by atoms with E-state index in [1.54, 1.807) is 48.2 Å². The van der Waals surface area contributed by atoms with Gasteiger partial charge in [-0.2, -0.15) is 5.26 Å². The number of aromatic nitrogens is 1. The first-order valence-electron chi connectivity index (χ1n) is 10.3. The molecule has 0 fully saturated rings. The molecular weight excluding hydrogens is 378 g/mol. The lowest BCUT2D eigenvalue weighted by Gasteiger charge is -2.30. The van der Waals surface area contributed by atoms with Crippen LogP contribution in [-0.4, -0.2) is 30.0 Å². The second kappa shape index (κ2) is 11.1. The number of methoxy groups -OCH3 is 1. The minimum atomic E-state index is -0.495. The number of anilines is 1. The molecule has 0 radical (unpaired) electrons. The van der Waals surface area contributed by atoms with Crippen molar-refractivity contribution in [3.8, 4) is 6.07 Å². The maximum absolute atomic E-state index is 13.5. The van der Waals surface area contributed by atoms with Crippen LogP contribution in [0.15, 0.2) is 36.4 Å². The van der Waals surface area contributed by atoms with Crippen LogP contribution in [0, 0.1) is 18.3 Å². The third kappa shape index (κ3) is 5.44. The van der Waals surface area contributed by atoms with Gasteiger partial charge in [0, 0.05) is 6.04 Å². The number of nitrogens with zero attached hydrogens (tertiary/aromatic N) is 3. The summed E-state index contributed by atoms with van der Waals surface area (Å²) in [4.78, 5) is 31.8. The molecule has 0 aliphatic rings. The second-order valence-corrected chi connectivity index (χ2v) is 7.32. The molecule has 1 aromatic heterocycles. The van der Waals surface area contributed by atoms with Crippen LogP contribution in [0.4, 0.5) is 5.69 Å². The van der Waals surface area contributed by atoms with Gasteiger partial charge in [-0.3, -0.25) is 4.79 Å². The van der Waals surface area contributed by atoms with Crippen molar-refractivity contribution in [2.75, 3.05) is 12.0 Å². The zero-order chi connectivity index (χ0) is 22.1. The topological polar surface area (TPSA) is 83.3 Å². The summed E-state index contributed by atoms with van der Waals surface area (Å²) in [6.07, 6.45) is 5.16. The molecule has 0 spiro atoms. The number of carbonyl (C=O) groups excluding carboxylic acids is 2. The van der Waals surface area contributed by atoms with Crippen molar-refractivity contribution in [1.82, 2.24) is 4.98 Å². The molecule has 2 aromatic rings. The first-order valence-corrected chi connectivity index (χ1v) is 10.3. The van der Waals surface area contributed by atoms with Crippen molar-refractivity contribution in [3.05, 3.63) is 58.9 Å². The van der Waals surface area contributed by atoms with E-state index in [2.05, 4.69) is 18.0 Å². The lowest BCUT2D eigenvalue weighted by atomic mass is 10.0. The SMILES string of the molecule is CCCCCCC(C)N(C(=O)c1ccc(C#N)c(C)n1)c1ccccc1C(=O)OC. The molecule has 1 aromatic carbocycles. The molecule has 0 saturated heterocycles. The molecular formula is C24H29N3O3. The highest BCUT2D eigenvalue weighted by Crippen LogP contribution is 2.27. The standard InChI is InChI=1S/C24H29N3O3/c1-5-6-7-8-11-17(2)27(22-13-10-9-12-20(22)24(29)30-4)23(28)21-15-14-19(16-25)18(3)26-21/h9-10,12-15,17H,5-8,11H2,1-4H3. The van der Waals surface area contributed by atoms with Crippen molar-refractivity contribution in [2.45, 2.75) is 58.9 Å². The average Bonchev–Trinajstić information content (AvgIpc) is 2.76. The lowest BCUT2D eigenvalue weighted by molar-refractivity contribution is 0.0601. The predicted octanol–water partition coefficient (Wildman–Crippen LogP) is 5.05. The summed E-state index contributed by atoms with van der Waals surface area (Å²) < 4.78 is 4.93.